The second kappa shape index (κ2) is 5.94. The molecule has 100 valence electrons. The highest BCUT2D eigenvalue weighted by Crippen LogP contribution is 2.06. The molecule has 0 spiro atoms. The normalized spacial score (nSPS) is 10.2. The number of amides is 1. The number of nitrogens with one attached hydrogen (secondary N) is 2. The predicted molar refractivity (Wildman–Crippen MR) is 68.9 cm³/mol. The van der Waals surface area contributed by atoms with Crippen molar-refractivity contribution < 1.29 is 9.32 Å². The molecule has 0 saturated carbocycles. The minimum absolute atomic E-state index is 0.228. The Morgan fingerprint density at radius 3 is 3.00 bits per heavy atom. The van der Waals surface area contributed by atoms with Crippen LogP contribution in [-0.4, -0.2) is 34.6 Å². The minimum atomic E-state index is -0.228. The largest absolute Gasteiger partial charge is 0.388 e. The van der Waals surface area contributed by atoms with E-state index in [4.69, 9.17) is 4.52 Å². The smallest absolute Gasteiger partial charge is 0.269 e. The van der Waals surface area contributed by atoms with Gasteiger partial charge in [0.2, 0.25) is 5.89 Å². The van der Waals surface area contributed by atoms with E-state index in [1.165, 1.54) is 0 Å². The topological polar surface area (TPSA) is 92.9 Å². The summed E-state index contributed by atoms with van der Waals surface area (Å²) in [6.07, 6.45) is 2.08. The fourth-order valence-corrected chi connectivity index (χ4v) is 1.53. The molecule has 2 rings (SSSR count). The second-order valence-corrected chi connectivity index (χ2v) is 3.92. The molecule has 0 atom stereocenters. The summed E-state index contributed by atoms with van der Waals surface area (Å²) in [7, 11) is 1.79. The molecule has 0 saturated heterocycles. The number of aryl methyl sites for hydroxylation is 1. The van der Waals surface area contributed by atoms with E-state index in [0.29, 0.717) is 30.4 Å². The van der Waals surface area contributed by atoms with Gasteiger partial charge in [0.05, 0.1) is 0 Å². The van der Waals surface area contributed by atoms with Crippen LogP contribution in [0.25, 0.3) is 0 Å². The highest BCUT2D eigenvalue weighted by molar-refractivity contribution is 5.93. The standard InChI is InChI=1S/C12H15N5O2/c1-8-16-11(19-17-8)4-6-15-12(18)10-7-9(13-2)3-5-14-10/h3,5,7H,4,6H2,1-2H3,(H,13,14)(H,15,18). The van der Waals surface area contributed by atoms with E-state index >= 15 is 0 Å². The Balaban J connectivity index is 1.87. The zero-order chi connectivity index (χ0) is 13.7. The number of aromatic nitrogens is 3. The molecule has 0 fully saturated rings. The number of hydrogen-bond acceptors (Lipinski definition) is 6. The lowest BCUT2D eigenvalue weighted by molar-refractivity contribution is 0.0948. The van der Waals surface area contributed by atoms with Gasteiger partial charge < -0.3 is 15.2 Å². The molecule has 2 N–H and O–H groups in total. The Morgan fingerprint density at radius 2 is 2.32 bits per heavy atom. The van der Waals surface area contributed by atoms with Gasteiger partial charge in [-0.25, -0.2) is 0 Å². The molecule has 2 heterocycles. The van der Waals surface area contributed by atoms with E-state index in [1.807, 2.05) is 0 Å². The molecule has 0 aromatic carbocycles. The van der Waals surface area contributed by atoms with Crippen molar-refractivity contribution in [2.75, 3.05) is 18.9 Å². The van der Waals surface area contributed by atoms with E-state index in [2.05, 4.69) is 25.8 Å². The molecule has 7 heteroatoms. The van der Waals surface area contributed by atoms with Crippen molar-refractivity contribution in [1.29, 1.82) is 0 Å². The highest BCUT2D eigenvalue weighted by Gasteiger charge is 2.08. The van der Waals surface area contributed by atoms with Gasteiger partial charge >= 0.3 is 0 Å². The maximum absolute atomic E-state index is 11.8. The first-order valence-corrected chi connectivity index (χ1v) is 5.90. The van der Waals surface area contributed by atoms with Gasteiger partial charge in [-0.05, 0) is 19.1 Å². The molecule has 0 bridgehead atoms. The molecule has 2 aromatic heterocycles. The van der Waals surface area contributed by atoms with E-state index in [0.717, 1.165) is 5.69 Å². The second-order valence-electron chi connectivity index (χ2n) is 3.92. The maximum atomic E-state index is 11.8. The number of nitrogens with zero attached hydrogens (tertiary/aromatic N) is 3. The minimum Gasteiger partial charge on any atom is -0.388 e. The van der Waals surface area contributed by atoms with Crippen molar-refractivity contribution in [2.45, 2.75) is 13.3 Å². The fraction of sp³-hybridized carbons (Fsp3) is 0.333. The first kappa shape index (κ1) is 13.0. The van der Waals surface area contributed by atoms with Gasteiger partial charge in [0.15, 0.2) is 5.82 Å². The number of carbonyl (C=O) groups excluding carboxylic acids is 1. The molecular formula is C12H15N5O2. The zero-order valence-corrected chi connectivity index (χ0v) is 10.8. The summed E-state index contributed by atoms with van der Waals surface area (Å²) < 4.78 is 4.95. The average Bonchev–Trinajstić information content (AvgIpc) is 2.84. The Bertz CT molecular complexity index is 567. The lowest BCUT2D eigenvalue weighted by atomic mass is 10.3. The predicted octanol–water partition coefficient (Wildman–Crippen LogP) is 0.787. The van der Waals surface area contributed by atoms with Crippen LogP contribution in [0.15, 0.2) is 22.9 Å². The Kier molecular flexibility index (Phi) is 4.07. The van der Waals surface area contributed by atoms with Crippen LogP contribution in [0.3, 0.4) is 0 Å². The van der Waals surface area contributed by atoms with Gasteiger partial charge in [-0.2, -0.15) is 4.98 Å². The molecule has 2 aromatic rings. The summed E-state index contributed by atoms with van der Waals surface area (Å²) in [6, 6.07) is 3.48. The first-order valence-electron chi connectivity index (χ1n) is 5.90. The number of carbonyl (C=O) groups is 1. The zero-order valence-electron chi connectivity index (χ0n) is 10.8. The SMILES string of the molecule is CNc1ccnc(C(=O)NCCc2nc(C)no2)c1. The van der Waals surface area contributed by atoms with E-state index < -0.39 is 0 Å². The Labute approximate surface area is 110 Å². The van der Waals surface area contributed by atoms with Gasteiger partial charge in [-0.15, -0.1) is 0 Å². The number of pyridine rings is 1. The number of anilines is 1. The van der Waals surface area contributed by atoms with Gasteiger partial charge in [0.25, 0.3) is 5.91 Å². The lowest BCUT2D eigenvalue weighted by Crippen LogP contribution is -2.26. The summed E-state index contributed by atoms with van der Waals surface area (Å²) in [5.74, 6) is 0.868. The third-order valence-electron chi connectivity index (χ3n) is 2.48. The molecule has 1 amide bonds. The highest BCUT2D eigenvalue weighted by atomic mass is 16.5. The van der Waals surface area contributed by atoms with Gasteiger partial charge in [-0.1, -0.05) is 5.16 Å². The lowest BCUT2D eigenvalue weighted by Gasteiger charge is -2.04. The van der Waals surface area contributed by atoms with Crippen LogP contribution in [0.5, 0.6) is 0 Å². The van der Waals surface area contributed by atoms with Crippen molar-refractivity contribution >= 4 is 11.6 Å². The summed E-state index contributed by atoms with van der Waals surface area (Å²) in [5.41, 5.74) is 1.21. The van der Waals surface area contributed by atoms with Crippen molar-refractivity contribution in [2.24, 2.45) is 0 Å². The van der Waals surface area contributed by atoms with E-state index in [-0.39, 0.29) is 5.91 Å². The first-order chi connectivity index (χ1) is 9.19. The summed E-state index contributed by atoms with van der Waals surface area (Å²) in [5, 5.41) is 9.38. The third kappa shape index (κ3) is 3.51. The van der Waals surface area contributed by atoms with Crippen LogP contribution < -0.4 is 10.6 Å². The fourth-order valence-electron chi connectivity index (χ4n) is 1.53. The van der Waals surface area contributed by atoms with Crippen LogP contribution in [0.4, 0.5) is 5.69 Å². The molecule has 0 radical (unpaired) electrons. The summed E-state index contributed by atoms with van der Waals surface area (Å²) in [4.78, 5) is 19.9. The van der Waals surface area contributed by atoms with Crippen molar-refractivity contribution in [3.63, 3.8) is 0 Å². The van der Waals surface area contributed by atoms with Crippen molar-refractivity contribution in [1.82, 2.24) is 20.4 Å². The molecular weight excluding hydrogens is 246 g/mol. The Hall–Kier alpha value is -2.44. The third-order valence-corrected chi connectivity index (χ3v) is 2.48. The molecule has 19 heavy (non-hydrogen) atoms. The van der Waals surface area contributed by atoms with Crippen LogP contribution in [-0.2, 0) is 6.42 Å². The van der Waals surface area contributed by atoms with Crippen LogP contribution in [0, 0.1) is 6.92 Å². The van der Waals surface area contributed by atoms with E-state index in [9.17, 15) is 4.79 Å². The van der Waals surface area contributed by atoms with Crippen molar-refractivity contribution in [3.05, 3.63) is 35.7 Å². The van der Waals surface area contributed by atoms with Crippen LogP contribution >= 0.6 is 0 Å². The summed E-state index contributed by atoms with van der Waals surface area (Å²) in [6.45, 7) is 2.17. The quantitative estimate of drug-likeness (QED) is 0.826. The molecule has 0 aliphatic rings. The number of rotatable bonds is 5. The average molecular weight is 261 g/mol. The molecule has 0 unspecified atom stereocenters. The summed E-state index contributed by atoms with van der Waals surface area (Å²) >= 11 is 0. The van der Waals surface area contributed by atoms with E-state index in [1.54, 1.807) is 32.3 Å². The molecule has 0 aliphatic heterocycles. The van der Waals surface area contributed by atoms with Gasteiger partial charge in [0.1, 0.15) is 5.69 Å². The molecule has 0 aliphatic carbocycles. The van der Waals surface area contributed by atoms with Crippen LogP contribution in [0.1, 0.15) is 22.2 Å². The van der Waals surface area contributed by atoms with Gasteiger partial charge in [-0.3, -0.25) is 9.78 Å². The van der Waals surface area contributed by atoms with Gasteiger partial charge in [0, 0.05) is 31.9 Å². The number of hydrogen-bond donors (Lipinski definition) is 2. The Morgan fingerprint density at radius 1 is 1.47 bits per heavy atom. The maximum Gasteiger partial charge on any atom is 0.269 e. The molecule has 7 nitrogen and oxygen atoms in total. The monoisotopic (exact) mass is 261 g/mol. The van der Waals surface area contributed by atoms with Crippen molar-refractivity contribution in [3.8, 4) is 0 Å². The van der Waals surface area contributed by atoms with Crippen LogP contribution in [0.2, 0.25) is 0 Å².